The highest BCUT2D eigenvalue weighted by molar-refractivity contribution is 7.99. The Labute approximate surface area is 120 Å². The first-order valence-electron chi connectivity index (χ1n) is 6.93. The van der Waals surface area contributed by atoms with Crippen molar-refractivity contribution in [2.45, 2.75) is 26.8 Å². The molecule has 0 saturated carbocycles. The maximum atomic E-state index is 4.56. The Morgan fingerprint density at radius 2 is 2.05 bits per heavy atom. The fourth-order valence-electron chi connectivity index (χ4n) is 2.22. The van der Waals surface area contributed by atoms with E-state index in [0.29, 0.717) is 6.04 Å². The number of thioether (sulfide) groups is 1. The van der Waals surface area contributed by atoms with Gasteiger partial charge in [-0.3, -0.25) is 4.98 Å². The van der Waals surface area contributed by atoms with Gasteiger partial charge < -0.3 is 5.32 Å². The van der Waals surface area contributed by atoms with Gasteiger partial charge in [0.2, 0.25) is 0 Å². The number of fused-ring (bicyclic) bond motifs is 1. The van der Waals surface area contributed by atoms with Crippen molar-refractivity contribution in [3.63, 3.8) is 0 Å². The summed E-state index contributed by atoms with van der Waals surface area (Å²) in [6.45, 7) is 7.40. The number of aromatic nitrogens is 1. The molecule has 1 aromatic carbocycles. The van der Waals surface area contributed by atoms with Gasteiger partial charge in [0.1, 0.15) is 0 Å². The molecule has 2 rings (SSSR count). The lowest BCUT2D eigenvalue weighted by Crippen LogP contribution is -2.23. The minimum absolute atomic E-state index is 0.431. The second-order valence-corrected chi connectivity index (χ2v) is 5.99. The lowest BCUT2D eigenvalue weighted by Gasteiger charge is -2.18. The van der Waals surface area contributed by atoms with Crippen LogP contribution in [0.3, 0.4) is 0 Å². The van der Waals surface area contributed by atoms with Gasteiger partial charge in [-0.25, -0.2) is 0 Å². The zero-order valence-electron chi connectivity index (χ0n) is 11.9. The molecule has 19 heavy (non-hydrogen) atoms. The number of pyridine rings is 1. The third-order valence-electron chi connectivity index (χ3n) is 3.19. The lowest BCUT2D eigenvalue weighted by molar-refractivity contribution is 0.606. The molecule has 0 saturated heterocycles. The average Bonchev–Trinajstić information content (AvgIpc) is 2.43. The summed E-state index contributed by atoms with van der Waals surface area (Å²) in [6, 6.07) is 11.3. The minimum atomic E-state index is 0.431. The molecule has 3 heteroatoms. The van der Waals surface area contributed by atoms with E-state index in [9.17, 15) is 0 Å². The van der Waals surface area contributed by atoms with Crippen molar-refractivity contribution in [1.29, 1.82) is 0 Å². The van der Waals surface area contributed by atoms with Gasteiger partial charge in [0.25, 0.3) is 0 Å². The van der Waals surface area contributed by atoms with Crippen molar-refractivity contribution < 1.29 is 0 Å². The molecule has 0 aliphatic carbocycles. The van der Waals surface area contributed by atoms with E-state index in [1.54, 1.807) is 0 Å². The zero-order valence-corrected chi connectivity index (χ0v) is 12.8. The minimum Gasteiger partial charge on any atom is -0.310 e. The maximum Gasteiger partial charge on any atom is 0.0705 e. The molecular weight excluding hydrogens is 252 g/mol. The van der Waals surface area contributed by atoms with Crippen molar-refractivity contribution >= 4 is 22.7 Å². The summed E-state index contributed by atoms with van der Waals surface area (Å²) in [5.74, 6) is 2.28. The topological polar surface area (TPSA) is 24.9 Å². The highest BCUT2D eigenvalue weighted by atomic mass is 32.2. The standard InChI is InChI=1S/C16H22N2S/c1-4-17-16(11-19-5-2)14-8-9-15-13(10-14)7-6-12(3)18-15/h6-10,16-17H,4-5,11H2,1-3H3. The van der Waals surface area contributed by atoms with E-state index in [4.69, 9.17) is 0 Å². The van der Waals surface area contributed by atoms with Gasteiger partial charge in [0, 0.05) is 22.9 Å². The SMILES string of the molecule is CCNC(CSCC)c1ccc2nc(C)ccc2c1. The summed E-state index contributed by atoms with van der Waals surface area (Å²) in [4.78, 5) is 4.56. The second kappa shape index (κ2) is 6.92. The summed E-state index contributed by atoms with van der Waals surface area (Å²) in [7, 11) is 0. The van der Waals surface area contributed by atoms with Crippen LogP contribution in [0.5, 0.6) is 0 Å². The first-order chi connectivity index (χ1) is 9.24. The molecule has 1 unspecified atom stereocenters. The van der Waals surface area contributed by atoms with E-state index < -0.39 is 0 Å². The number of rotatable bonds is 6. The van der Waals surface area contributed by atoms with E-state index >= 15 is 0 Å². The largest absolute Gasteiger partial charge is 0.310 e. The smallest absolute Gasteiger partial charge is 0.0705 e. The van der Waals surface area contributed by atoms with E-state index in [-0.39, 0.29) is 0 Å². The highest BCUT2D eigenvalue weighted by Crippen LogP contribution is 2.22. The molecular formula is C16H22N2S. The fourth-order valence-corrected chi connectivity index (χ4v) is 3.00. The van der Waals surface area contributed by atoms with E-state index in [1.807, 2.05) is 18.7 Å². The lowest BCUT2D eigenvalue weighted by atomic mass is 10.0. The molecule has 102 valence electrons. The Kier molecular flexibility index (Phi) is 5.23. The Morgan fingerprint density at radius 1 is 1.21 bits per heavy atom. The number of hydrogen-bond acceptors (Lipinski definition) is 3. The molecule has 2 aromatic rings. The molecule has 0 spiro atoms. The number of nitrogens with zero attached hydrogens (tertiary/aromatic N) is 1. The molecule has 0 aliphatic heterocycles. The van der Waals surface area contributed by atoms with Crippen LogP contribution in [0.1, 0.15) is 31.1 Å². The molecule has 1 heterocycles. The van der Waals surface area contributed by atoms with E-state index in [0.717, 1.165) is 29.3 Å². The zero-order chi connectivity index (χ0) is 13.7. The van der Waals surface area contributed by atoms with Crippen LogP contribution in [0.15, 0.2) is 30.3 Å². The van der Waals surface area contributed by atoms with Crippen LogP contribution in [0.2, 0.25) is 0 Å². The van der Waals surface area contributed by atoms with Gasteiger partial charge in [-0.05, 0) is 43.0 Å². The molecule has 0 bridgehead atoms. The first-order valence-corrected chi connectivity index (χ1v) is 8.08. The summed E-state index contributed by atoms with van der Waals surface area (Å²) in [6.07, 6.45) is 0. The average molecular weight is 274 g/mol. The Bertz CT molecular complexity index is 539. The molecule has 0 amide bonds. The molecule has 0 aliphatic rings. The molecule has 0 fully saturated rings. The highest BCUT2D eigenvalue weighted by Gasteiger charge is 2.10. The summed E-state index contributed by atoms with van der Waals surface area (Å²) < 4.78 is 0. The Balaban J connectivity index is 2.29. The van der Waals surface area contributed by atoms with Crippen molar-refractivity contribution in [1.82, 2.24) is 10.3 Å². The van der Waals surface area contributed by atoms with Gasteiger partial charge in [0.15, 0.2) is 0 Å². The van der Waals surface area contributed by atoms with Crippen molar-refractivity contribution in [2.75, 3.05) is 18.1 Å². The van der Waals surface area contributed by atoms with Crippen LogP contribution in [0.4, 0.5) is 0 Å². The summed E-state index contributed by atoms with van der Waals surface area (Å²) in [5.41, 5.74) is 3.52. The monoisotopic (exact) mass is 274 g/mol. The van der Waals surface area contributed by atoms with Gasteiger partial charge in [0.05, 0.1) is 5.52 Å². The van der Waals surface area contributed by atoms with Crippen LogP contribution in [0, 0.1) is 6.92 Å². The van der Waals surface area contributed by atoms with Crippen LogP contribution in [-0.4, -0.2) is 23.0 Å². The van der Waals surface area contributed by atoms with Crippen molar-refractivity contribution in [3.05, 3.63) is 41.6 Å². The van der Waals surface area contributed by atoms with Gasteiger partial charge >= 0.3 is 0 Å². The fraction of sp³-hybridized carbons (Fsp3) is 0.438. The van der Waals surface area contributed by atoms with Gasteiger partial charge in [-0.15, -0.1) is 0 Å². The van der Waals surface area contributed by atoms with Crippen molar-refractivity contribution in [3.8, 4) is 0 Å². The van der Waals surface area contributed by atoms with Crippen LogP contribution < -0.4 is 5.32 Å². The summed E-state index contributed by atoms with van der Waals surface area (Å²) in [5, 5.41) is 4.80. The number of aryl methyl sites for hydroxylation is 1. The predicted molar refractivity (Wildman–Crippen MR) is 85.9 cm³/mol. The van der Waals surface area contributed by atoms with Crippen LogP contribution in [-0.2, 0) is 0 Å². The molecule has 2 nitrogen and oxygen atoms in total. The molecule has 0 radical (unpaired) electrons. The molecule has 1 atom stereocenters. The third kappa shape index (κ3) is 3.71. The molecule has 1 aromatic heterocycles. The Morgan fingerprint density at radius 3 is 2.79 bits per heavy atom. The first kappa shape index (κ1) is 14.4. The maximum absolute atomic E-state index is 4.56. The molecule has 1 N–H and O–H groups in total. The quantitative estimate of drug-likeness (QED) is 0.863. The van der Waals surface area contributed by atoms with Crippen LogP contribution >= 0.6 is 11.8 Å². The van der Waals surface area contributed by atoms with Gasteiger partial charge in [-0.2, -0.15) is 11.8 Å². The van der Waals surface area contributed by atoms with E-state index in [1.165, 1.54) is 10.9 Å². The normalized spacial score (nSPS) is 12.8. The Hall–Kier alpha value is -1.06. The third-order valence-corrected chi connectivity index (χ3v) is 4.17. The number of benzene rings is 1. The van der Waals surface area contributed by atoms with Gasteiger partial charge in [-0.1, -0.05) is 26.0 Å². The van der Waals surface area contributed by atoms with E-state index in [2.05, 4.69) is 54.5 Å². The number of nitrogens with one attached hydrogen (secondary N) is 1. The second-order valence-electron chi connectivity index (χ2n) is 4.67. The summed E-state index contributed by atoms with van der Waals surface area (Å²) >= 11 is 1.98. The van der Waals surface area contributed by atoms with Crippen molar-refractivity contribution in [2.24, 2.45) is 0 Å². The van der Waals surface area contributed by atoms with Crippen LogP contribution in [0.25, 0.3) is 10.9 Å². The number of hydrogen-bond donors (Lipinski definition) is 1. The predicted octanol–water partition coefficient (Wildman–Crippen LogP) is 3.95.